The van der Waals surface area contributed by atoms with Crippen LogP contribution in [0, 0.1) is 6.92 Å². The molecular weight excluding hydrogens is 314 g/mol. The van der Waals surface area contributed by atoms with Crippen molar-refractivity contribution in [1.82, 2.24) is 14.8 Å². The zero-order valence-corrected chi connectivity index (χ0v) is 12.8. The Kier molecular flexibility index (Phi) is 2.97. The molecule has 24 heavy (non-hydrogen) atoms. The van der Waals surface area contributed by atoms with E-state index in [1.165, 1.54) is 6.07 Å². The number of rotatable bonds is 2. The second-order valence-electron chi connectivity index (χ2n) is 6.04. The van der Waals surface area contributed by atoms with Crippen molar-refractivity contribution in [1.29, 1.82) is 0 Å². The first kappa shape index (κ1) is 14.7. The van der Waals surface area contributed by atoms with Gasteiger partial charge < -0.3 is 5.73 Å². The monoisotopic (exact) mass is 328 g/mol. The third-order valence-electron chi connectivity index (χ3n) is 4.33. The van der Waals surface area contributed by atoms with E-state index < -0.39 is 11.8 Å². The van der Waals surface area contributed by atoms with E-state index in [1.54, 1.807) is 18.2 Å². The van der Waals surface area contributed by atoms with Crippen LogP contribution in [0.2, 0.25) is 0 Å². The number of aryl methyl sites for hydroxylation is 1. The fourth-order valence-electron chi connectivity index (χ4n) is 2.83. The van der Waals surface area contributed by atoms with Gasteiger partial charge in [0.2, 0.25) is 0 Å². The summed E-state index contributed by atoms with van der Waals surface area (Å²) in [7, 11) is 0. The van der Waals surface area contributed by atoms with Crippen molar-refractivity contribution < 1.29 is 13.6 Å². The molecule has 1 aromatic carbocycles. The molecule has 2 N–H and O–H groups in total. The topological polar surface area (TPSA) is 73.8 Å². The second-order valence-corrected chi connectivity index (χ2v) is 6.04. The summed E-state index contributed by atoms with van der Waals surface area (Å²) in [4.78, 5) is 17.0. The number of alkyl halides is 2. The van der Waals surface area contributed by atoms with E-state index in [0.717, 1.165) is 10.2 Å². The molecule has 0 spiro atoms. The molecule has 0 aliphatic heterocycles. The molecule has 1 saturated carbocycles. The summed E-state index contributed by atoms with van der Waals surface area (Å²) >= 11 is 0. The molecule has 1 unspecified atom stereocenters. The standard InChI is InChI=1S/C17H14F2N4O/c1-9-4-2-3-5-10(9)16(24)23-15-11(14(20)22-23)6-7-13(21-15)12-8-17(12,18)19/h2-7,12H,8H2,1H3,(H2,20,22). The Morgan fingerprint density at radius 3 is 2.67 bits per heavy atom. The zero-order valence-electron chi connectivity index (χ0n) is 12.8. The quantitative estimate of drug-likeness (QED) is 0.784. The normalized spacial score (nSPS) is 18.7. The van der Waals surface area contributed by atoms with Gasteiger partial charge in [0.25, 0.3) is 11.8 Å². The number of hydrogen-bond acceptors (Lipinski definition) is 4. The van der Waals surface area contributed by atoms with E-state index in [4.69, 9.17) is 5.73 Å². The highest BCUT2D eigenvalue weighted by Gasteiger charge is 2.58. The molecule has 0 radical (unpaired) electrons. The Balaban J connectivity index is 1.85. The summed E-state index contributed by atoms with van der Waals surface area (Å²) in [6.07, 6.45) is -0.221. The number of halogens is 2. The summed E-state index contributed by atoms with van der Waals surface area (Å²) in [6.45, 7) is 1.81. The number of benzene rings is 1. The van der Waals surface area contributed by atoms with Crippen molar-refractivity contribution in [3.05, 3.63) is 53.2 Å². The number of nitrogen functional groups attached to an aromatic ring is 1. The van der Waals surface area contributed by atoms with Gasteiger partial charge in [0.15, 0.2) is 11.5 Å². The number of carbonyl (C=O) groups excluding carboxylic acids is 1. The molecule has 5 nitrogen and oxygen atoms in total. The van der Waals surface area contributed by atoms with E-state index in [1.807, 2.05) is 19.1 Å². The van der Waals surface area contributed by atoms with E-state index in [9.17, 15) is 13.6 Å². The van der Waals surface area contributed by atoms with Crippen molar-refractivity contribution in [2.75, 3.05) is 5.73 Å². The van der Waals surface area contributed by atoms with Gasteiger partial charge in [0.1, 0.15) is 0 Å². The lowest BCUT2D eigenvalue weighted by molar-refractivity contribution is 0.0949. The summed E-state index contributed by atoms with van der Waals surface area (Å²) in [6, 6.07) is 10.2. The van der Waals surface area contributed by atoms with Gasteiger partial charge in [-0.3, -0.25) is 4.79 Å². The Morgan fingerprint density at radius 1 is 1.29 bits per heavy atom. The van der Waals surface area contributed by atoms with Gasteiger partial charge in [-0.15, -0.1) is 5.10 Å². The number of anilines is 1. The van der Waals surface area contributed by atoms with Crippen LogP contribution in [0.1, 0.15) is 34.0 Å². The number of pyridine rings is 1. The fourth-order valence-corrected chi connectivity index (χ4v) is 2.83. The van der Waals surface area contributed by atoms with E-state index >= 15 is 0 Å². The van der Waals surface area contributed by atoms with Crippen LogP contribution in [-0.2, 0) is 0 Å². The minimum Gasteiger partial charge on any atom is -0.382 e. The molecule has 2 heterocycles. The van der Waals surface area contributed by atoms with Crippen LogP contribution in [-0.4, -0.2) is 26.6 Å². The number of nitrogens with two attached hydrogens (primary N) is 1. The molecule has 7 heteroatoms. The predicted octanol–water partition coefficient (Wildman–Crippen LogP) is 3.13. The number of carbonyl (C=O) groups is 1. The van der Waals surface area contributed by atoms with Crippen LogP contribution in [0.3, 0.4) is 0 Å². The summed E-state index contributed by atoms with van der Waals surface area (Å²) in [5.74, 6) is -3.87. The highest BCUT2D eigenvalue weighted by molar-refractivity contribution is 6.03. The van der Waals surface area contributed by atoms with Gasteiger partial charge in [-0.2, -0.15) is 4.68 Å². The maximum absolute atomic E-state index is 13.3. The van der Waals surface area contributed by atoms with Gasteiger partial charge in [-0.25, -0.2) is 13.8 Å². The minimum atomic E-state index is -2.73. The highest BCUT2D eigenvalue weighted by Crippen LogP contribution is 2.55. The molecule has 1 fully saturated rings. The van der Waals surface area contributed by atoms with Crippen molar-refractivity contribution in [3.63, 3.8) is 0 Å². The number of fused-ring (bicyclic) bond motifs is 1. The summed E-state index contributed by atoms with van der Waals surface area (Å²) < 4.78 is 27.7. The van der Waals surface area contributed by atoms with Gasteiger partial charge in [-0.1, -0.05) is 18.2 Å². The SMILES string of the molecule is Cc1ccccc1C(=O)n1nc(N)c2ccc(C3CC3(F)F)nc21. The number of hydrogen-bond donors (Lipinski definition) is 1. The van der Waals surface area contributed by atoms with E-state index in [2.05, 4.69) is 10.1 Å². The van der Waals surface area contributed by atoms with Gasteiger partial charge >= 0.3 is 0 Å². The van der Waals surface area contributed by atoms with Crippen molar-refractivity contribution in [2.24, 2.45) is 0 Å². The molecule has 0 bridgehead atoms. The zero-order chi connectivity index (χ0) is 17.1. The van der Waals surface area contributed by atoms with Crippen molar-refractivity contribution >= 4 is 22.8 Å². The van der Waals surface area contributed by atoms with Gasteiger partial charge in [0, 0.05) is 12.0 Å². The molecule has 1 aliphatic carbocycles. The number of nitrogens with zero attached hydrogens (tertiary/aromatic N) is 3. The average molecular weight is 328 g/mol. The highest BCUT2D eigenvalue weighted by atomic mass is 19.3. The molecular formula is C17H14F2N4O. The maximum Gasteiger partial charge on any atom is 0.280 e. The van der Waals surface area contributed by atoms with Crippen LogP contribution < -0.4 is 5.73 Å². The van der Waals surface area contributed by atoms with Gasteiger partial charge in [-0.05, 0) is 30.7 Å². The molecule has 2 aromatic heterocycles. The largest absolute Gasteiger partial charge is 0.382 e. The lowest BCUT2D eigenvalue weighted by atomic mass is 10.1. The first-order valence-corrected chi connectivity index (χ1v) is 7.52. The molecule has 0 saturated heterocycles. The minimum absolute atomic E-state index is 0.147. The Labute approximate surface area is 136 Å². The Hall–Kier alpha value is -2.83. The first-order valence-electron chi connectivity index (χ1n) is 7.52. The van der Waals surface area contributed by atoms with Crippen LogP contribution >= 0.6 is 0 Å². The molecule has 122 valence electrons. The van der Waals surface area contributed by atoms with Crippen LogP contribution in [0.5, 0.6) is 0 Å². The molecule has 1 aliphatic rings. The van der Waals surface area contributed by atoms with E-state index in [0.29, 0.717) is 10.9 Å². The Morgan fingerprint density at radius 2 is 2.00 bits per heavy atom. The average Bonchev–Trinajstić information content (AvgIpc) is 3.07. The summed E-state index contributed by atoms with van der Waals surface area (Å²) in [5, 5.41) is 4.54. The van der Waals surface area contributed by atoms with Crippen LogP contribution in [0.15, 0.2) is 36.4 Å². The van der Waals surface area contributed by atoms with E-state index in [-0.39, 0.29) is 29.5 Å². The van der Waals surface area contributed by atoms with Crippen molar-refractivity contribution in [2.45, 2.75) is 25.2 Å². The fraction of sp³-hybridized carbons (Fsp3) is 0.235. The lowest BCUT2D eigenvalue weighted by Gasteiger charge is -2.05. The third kappa shape index (κ3) is 2.16. The molecule has 4 rings (SSSR count). The maximum atomic E-state index is 13.3. The summed E-state index contributed by atoms with van der Waals surface area (Å²) in [5.41, 5.74) is 7.57. The third-order valence-corrected chi connectivity index (χ3v) is 4.33. The molecule has 1 atom stereocenters. The first-order chi connectivity index (χ1) is 11.4. The van der Waals surface area contributed by atoms with Crippen molar-refractivity contribution in [3.8, 4) is 0 Å². The predicted molar refractivity (Wildman–Crippen MR) is 85.2 cm³/mol. The number of aromatic nitrogens is 3. The van der Waals surface area contributed by atoms with Gasteiger partial charge in [0.05, 0.1) is 17.0 Å². The smallest absolute Gasteiger partial charge is 0.280 e. The van der Waals surface area contributed by atoms with Crippen LogP contribution in [0.4, 0.5) is 14.6 Å². The Bertz CT molecular complexity index is 980. The lowest BCUT2D eigenvalue weighted by Crippen LogP contribution is -2.16. The van der Waals surface area contributed by atoms with Crippen LogP contribution in [0.25, 0.3) is 11.0 Å². The molecule has 0 amide bonds. The second kappa shape index (κ2) is 4.83. The molecule has 3 aromatic rings.